The summed E-state index contributed by atoms with van der Waals surface area (Å²) in [4.78, 5) is 4.08. The summed E-state index contributed by atoms with van der Waals surface area (Å²) in [6, 6.07) is -0.452. The number of hydrogen-bond acceptors (Lipinski definition) is 5. The van der Waals surface area contributed by atoms with Crippen molar-refractivity contribution in [3.63, 3.8) is 0 Å². The van der Waals surface area contributed by atoms with E-state index in [-0.39, 0.29) is 18.2 Å². The minimum absolute atomic E-state index is 0.0213. The average molecular weight is 290 g/mol. The van der Waals surface area contributed by atoms with Crippen LogP contribution in [0.4, 0.5) is 0 Å². The van der Waals surface area contributed by atoms with Crippen LogP contribution in [0.1, 0.15) is 19.2 Å². The van der Waals surface area contributed by atoms with Crippen LogP contribution in [0.3, 0.4) is 0 Å². The predicted octanol–water partition coefficient (Wildman–Crippen LogP) is -0.146. The first-order valence-corrected chi connectivity index (χ1v) is 7.68. The van der Waals surface area contributed by atoms with Gasteiger partial charge in [0.15, 0.2) is 5.03 Å². The highest BCUT2D eigenvalue weighted by molar-refractivity contribution is 7.89. The Morgan fingerprint density at radius 3 is 2.79 bits per heavy atom. The zero-order chi connectivity index (χ0) is 14.5. The predicted molar refractivity (Wildman–Crippen MR) is 72.3 cm³/mol. The largest absolute Gasteiger partial charge is 0.383 e. The summed E-state index contributed by atoms with van der Waals surface area (Å²) in [5.41, 5.74) is 5.49. The zero-order valence-corrected chi connectivity index (χ0v) is 12.4. The Morgan fingerprint density at radius 2 is 2.26 bits per heavy atom. The standard InChI is InChI=1S/C11H22N4O3S/c1-4-5-15-7-11(13-9(15)2)19(16,17)14-10(6-12)8-18-3/h7,10,14H,4-6,8,12H2,1-3H3. The minimum atomic E-state index is -3.66. The third-order valence-corrected chi connectivity index (χ3v) is 4.06. The van der Waals surface area contributed by atoms with Crippen molar-refractivity contribution in [1.82, 2.24) is 14.3 Å². The first kappa shape index (κ1) is 16.1. The Hall–Kier alpha value is -0.960. The molecule has 0 bridgehead atoms. The lowest BCUT2D eigenvalue weighted by Gasteiger charge is -2.14. The van der Waals surface area contributed by atoms with Gasteiger partial charge in [0, 0.05) is 26.4 Å². The van der Waals surface area contributed by atoms with Crippen molar-refractivity contribution >= 4 is 10.0 Å². The number of aromatic nitrogens is 2. The van der Waals surface area contributed by atoms with Crippen molar-refractivity contribution in [1.29, 1.82) is 0 Å². The number of methoxy groups -OCH3 is 1. The Labute approximate surface area is 114 Å². The van der Waals surface area contributed by atoms with Gasteiger partial charge in [0.2, 0.25) is 0 Å². The van der Waals surface area contributed by atoms with E-state index in [0.29, 0.717) is 5.82 Å². The highest BCUT2D eigenvalue weighted by Gasteiger charge is 2.22. The molecule has 0 fully saturated rings. The molecule has 1 aromatic heterocycles. The Balaban J connectivity index is 2.90. The van der Waals surface area contributed by atoms with Gasteiger partial charge < -0.3 is 15.0 Å². The van der Waals surface area contributed by atoms with Gasteiger partial charge in [0.1, 0.15) is 5.82 Å². The van der Waals surface area contributed by atoms with Gasteiger partial charge in [-0.1, -0.05) is 6.92 Å². The smallest absolute Gasteiger partial charge is 0.259 e. The number of aryl methyl sites for hydroxylation is 2. The zero-order valence-electron chi connectivity index (χ0n) is 11.6. The summed E-state index contributed by atoms with van der Waals surface area (Å²) in [6.07, 6.45) is 2.46. The molecular formula is C11H22N4O3S. The van der Waals surface area contributed by atoms with Crippen LogP contribution in [0.2, 0.25) is 0 Å². The molecule has 0 radical (unpaired) electrons. The van der Waals surface area contributed by atoms with E-state index in [1.165, 1.54) is 7.11 Å². The molecule has 0 spiro atoms. The van der Waals surface area contributed by atoms with Crippen molar-refractivity contribution < 1.29 is 13.2 Å². The van der Waals surface area contributed by atoms with Crippen molar-refractivity contribution in [2.75, 3.05) is 20.3 Å². The lowest BCUT2D eigenvalue weighted by Crippen LogP contribution is -2.43. The quantitative estimate of drug-likeness (QED) is 0.694. The molecule has 3 N–H and O–H groups in total. The van der Waals surface area contributed by atoms with Crippen molar-refractivity contribution in [2.24, 2.45) is 5.73 Å². The molecule has 110 valence electrons. The van der Waals surface area contributed by atoms with Crippen LogP contribution in [0.25, 0.3) is 0 Å². The van der Waals surface area contributed by atoms with Crippen LogP contribution in [0, 0.1) is 6.92 Å². The molecule has 7 nitrogen and oxygen atoms in total. The van der Waals surface area contributed by atoms with Crippen molar-refractivity contribution in [2.45, 2.75) is 37.9 Å². The van der Waals surface area contributed by atoms with Crippen LogP contribution in [0.15, 0.2) is 11.2 Å². The summed E-state index contributed by atoms with van der Waals surface area (Å²) in [6.45, 7) is 4.94. The number of nitrogens with two attached hydrogens (primary N) is 1. The molecule has 1 rings (SSSR count). The van der Waals surface area contributed by atoms with Crippen molar-refractivity contribution in [3.8, 4) is 0 Å². The van der Waals surface area contributed by atoms with Gasteiger partial charge in [-0.15, -0.1) is 0 Å². The number of nitrogens with zero attached hydrogens (tertiary/aromatic N) is 2. The fourth-order valence-electron chi connectivity index (χ4n) is 1.71. The topological polar surface area (TPSA) is 99.2 Å². The maximum Gasteiger partial charge on any atom is 0.259 e. The van der Waals surface area contributed by atoms with Gasteiger partial charge in [-0.05, 0) is 13.3 Å². The van der Waals surface area contributed by atoms with Crippen LogP contribution in [0.5, 0.6) is 0 Å². The monoisotopic (exact) mass is 290 g/mol. The third kappa shape index (κ3) is 4.27. The van der Waals surface area contributed by atoms with E-state index in [0.717, 1.165) is 13.0 Å². The molecule has 1 aromatic rings. The number of nitrogens with one attached hydrogen (secondary N) is 1. The number of hydrogen-bond donors (Lipinski definition) is 2. The van der Waals surface area contributed by atoms with E-state index in [4.69, 9.17) is 10.5 Å². The summed E-state index contributed by atoms with van der Waals surface area (Å²) in [5.74, 6) is 0.679. The second-order valence-electron chi connectivity index (χ2n) is 4.33. The fourth-order valence-corrected chi connectivity index (χ4v) is 2.95. The van der Waals surface area contributed by atoms with Gasteiger partial charge >= 0.3 is 0 Å². The molecule has 0 saturated carbocycles. The highest BCUT2D eigenvalue weighted by Crippen LogP contribution is 2.10. The Kier molecular flexibility index (Phi) is 5.92. The van der Waals surface area contributed by atoms with Gasteiger partial charge in [-0.3, -0.25) is 0 Å². The summed E-state index contributed by atoms with van der Waals surface area (Å²) >= 11 is 0. The van der Waals surface area contributed by atoms with Crippen LogP contribution >= 0.6 is 0 Å². The van der Waals surface area contributed by atoms with E-state index in [2.05, 4.69) is 9.71 Å². The highest BCUT2D eigenvalue weighted by atomic mass is 32.2. The van der Waals surface area contributed by atoms with E-state index >= 15 is 0 Å². The van der Waals surface area contributed by atoms with Gasteiger partial charge in [-0.2, -0.15) is 0 Å². The summed E-state index contributed by atoms with van der Waals surface area (Å²) < 4.78 is 33.5. The number of ether oxygens (including phenoxy) is 1. The van der Waals surface area contributed by atoms with Crippen molar-refractivity contribution in [3.05, 3.63) is 12.0 Å². The number of sulfonamides is 1. The third-order valence-electron chi connectivity index (χ3n) is 2.67. The van der Waals surface area contributed by atoms with Crippen LogP contribution in [-0.4, -0.2) is 44.3 Å². The molecular weight excluding hydrogens is 268 g/mol. The van der Waals surface area contributed by atoms with E-state index in [9.17, 15) is 8.42 Å². The molecule has 8 heteroatoms. The molecule has 0 saturated heterocycles. The molecule has 0 aliphatic rings. The molecule has 0 aliphatic carbocycles. The van der Waals surface area contributed by atoms with Crippen LogP contribution in [-0.2, 0) is 21.3 Å². The number of imidazole rings is 1. The fraction of sp³-hybridized carbons (Fsp3) is 0.727. The van der Waals surface area contributed by atoms with E-state index < -0.39 is 16.1 Å². The Bertz CT molecular complexity index is 498. The Morgan fingerprint density at radius 1 is 1.58 bits per heavy atom. The lowest BCUT2D eigenvalue weighted by molar-refractivity contribution is 0.177. The second-order valence-corrected chi connectivity index (χ2v) is 5.99. The first-order chi connectivity index (χ1) is 8.94. The maximum atomic E-state index is 12.1. The summed E-state index contributed by atoms with van der Waals surface area (Å²) in [7, 11) is -2.16. The normalized spacial score (nSPS) is 13.7. The van der Waals surface area contributed by atoms with Gasteiger partial charge in [-0.25, -0.2) is 18.1 Å². The minimum Gasteiger partial charge on any atom is -0.383 e. The van der Waals surface area contributed by atoms with Gasteiger partial charge in [0.25, 0.3) is 10.0 Å². The number of rotatable bonds is 8. The molecule has 1 unspecified atom stereocenters. The van der Waals surface area contributed by atoms with E-state index in [1.54, 1.807) is 13.1 Å². The SMILES string of the molecule is CCCn1cc(S(=O)(=O)NC(CN)COC)nc1C. The van der Waals surface area contributed by atoms with E-state index in [1.807, 2.05) is 11.5 Å². The molecule has 0 aliphatic heterocycles. The molecule has 1 atom stereocenters. The molecule has 1 heterocycles. The lowest BCUT2D eigenvalue weighted by atomic mass is 10.3. The van der Waals surface area contributed by atoms with Crippen LogP contribution < -0.4 is 10.5 Å². The molecule has 0 aromatic carbocycles. The molecule has 19 heavy (non-hydrogen) atoms. The maximum absolute atomic E-state index is 12.1. The summed E-state index contributed by atoms with van der Waals surface area (Å²) in [5, 5.41) is 0.0213. The second kappa shape index (κ2) is 6.99. The van der Waals surface area contributed by atoms with Gasteiger partial charge in [0.05, 0.1) is 12.6 Å². The average Bonchev–Trinajstić information content (AvgIpc) is 2.72. The first-order valence-electron chi connectivity index (χ1n) is 6.19. The molecule has 0 amide bonds.